The Morgan fingerprint density at radius 2 is 1.88 bits per heavy atom. The van der Waals surface area contributed by atoms with Gasteiger partial charge in [0.1, 0.15) is 11.6 Å². The maximum Gasteiger partial charge on any atom is 0.234 e. The summed E-state index contributed by atoms with van der Waals surface area (Å²) in [5, 5.41) is 11.7. The topological polar surface area (TPSA) is 59.8 Å². The standard InChI is InChI=1S/C19H19FN4OS/c1-12-8-9-15(20)10-16(12)21-18(25)11-26-19-23-22-14(3)24(19)17-7-5-4-6-13(17)2/h4-10H,11H2,1-3H3,(H,21,25). The average molecular weight is 370 g/mol. The number of nitrogens with one attached hydrogen (secondary N) is 1. The van der Waals surface area contributed by atoms with Gasteiger partial charge in [-0.25, -0.2) is 4.39 Å². The van der Waals surface area contributed by atoms with E-state index < -0.39 is 0 Å². The van der Waals surface area contributed by atoms with Crippen LogP contribution in [0.15, 0.2) is 47.6 Å². The van der Waals surface area contributed by atoms with Crippen molar-refractivity contribution in [1.82, 2.24) is 14.8 Å². The van der Waals surface area contributed by atoms with E-state index in [9.17, 15) is 9.18 Å². The Balaban J connectivity index is 1.74. The zero-order valence-electron chi connectivity index (χ0n) is 14.8. The normalized spacial score (nSPS) is 10.8. The van der Waals surface area contributed by atoms with Crippen molar-refractivity contribution in [2.45, 2.75) is 25.9 Å². The molecular formula is C19H19FN4OS. The maximum atomic E-state index is 13.4. The summed E-state index contributed by atoms with van der Waals surface area (Å²) in [7, 11) is 0. The fraction of sp³-hybridized carbons (Fsp3) is 0.211. The van der Waals surface area contributed by atoms with Gasteiger partial charge in [0.15, 0.2) is 5.16 Å². The minimum Gasteiger partial charge on any atom is -0.325 e. The number of halogens is 1. The number of para-hydroxylation sites is 1. The highest BCUT2D eigenvalue weighted by Crippen LogP contribution is 2.24. The van der Waals surface area contributed by atoms with Crippen LogP contribution < -0.4 is 5.32 Å². The molecule has 1 amide bonds. The molecule has 0 bridgehead atoms. The van der Waals surface area contributed by atoms with Crippen molar-refractivity contribution in [3.05, 3.63) is 65.2 Å². The molecule has 0 fully saturated rings. The van der Waals surface area contributed by atoms with E-state index in [-0.39, 0.29) is 17.5 Å². The Morgan fingerprint density at radius 1 is 1.12 bits per heavy atom. The minimum absolute atomic E-state index is 0.153. The van der Waals surface area contributed by atoms with Crippen LogP contribution in [0.5, 0.6) is 0 Å². The monoisotopic (exact) mass is 370 g/mol. The zero-order chi connectivity index (χ0) is 18.7. The highest BCUT2D eigenvalue weighted by molar-refractivity contribution is 7.99. The molecule has 134 valence electrons. The number of aryl methyl sites for hydroxylation is 3. The van der Waals surface area contributed by atoms with Crippen LogP contribution in [0, 0.1) is 26.6 Å². The van der Waals surface area contributed by atoms with E-state index in [1.165, 1.54) is 23.9 Å². The molecule has 0 aliphatic rings. The van der Waals surface area contributed by atoms with Crippen LogP contribution in [0.2, 0.25) is 0 Å². The Kier molecular flexibility index (Phi) is 5.37. The van der Waals surface area contributed by atoms with E-state index in [1.54, 1.807) is 6.07 Å². The number of hydrogen-bond donors (Lipinski definition) is 1. The number of amides is 1. The molecule has 26 heavy (non-hydrogen) atoms. The summed E-state index contributed by atoms with van der Waals surface area (Å²) in [6.45, 7) is 5.71. The number of carbonyl (C=O) groups excluding carboxylic acids is 1. The molecule has 3 aromatic rings. The molecule has 3 rings (SSSR count). The van der Waals surface area contributed by atoms with Crippen molar-refractivity contribution in [3.8, 4) is 5.69 Å². The number of rotatable bonds is 5. The summed E-state index contributed by atoms with van der Waals surface area (Å²) < 4.78 is 15.3. The number of anilines is 1. The molecule has 0 aliphatic heterocycles. The minimum atomic E-state index is -0.381. The van der Waals surface area contributed by atoms with Crippen molar-refractivity contribution in [1.29, 1.82) is 0 Å². The second-order valence-corrected chi connectivity index (χ2v) is 6.89. The quantitative estimate of drug-likeness (QED) is 0.688. The number of hydrogen-bond acceptors (Lipinski definition) is 4. The molecule has 0 saturated carbocycles. The Labute approximate surface area is 155 Å². The molecule has 0 aliphatic carbocycles. The molecule has 5 nitrogen and oxygen atoms in total. The molecular weight excluding hydrogens is 351 g/mol. The van der Waals surface area contributed by atoms with E-state index in [1.807, 2.05) is 49.6 Å². The molecule has 7 heteroatoms. The van der Waals surface area contributed by atoms with Gasteiger partial charge in [-0.1, -0.05) is 36.0 Å². The van der Waals surface area contributed by atoms with Gasteiger partial charge >= 0.3 is 0 Å². The highest BCUT2D eigenvalue weighted by atomic mass is 32.2. The van der Waals surface area contributed by atoms with Crippen LogP contribution in [-0.2, 0) is 4.79 Å². The van der Waals surface area contributed by atoms with Crippen molar-refractivity contribution < 1.29 is 9.18 Å². The first-order valence-electron chi connectivity index (χ1n) is 8.12. The van der Waals surface area contributed by atoms with E-state index >= 15 is 0 Å². The zero-order valence-corrected chi connectivity index (χ0v) is 15.6. The van der Waals surface area contributed by atoms with Gasteiger partial charge < -0.3 is 5.32 Å². The van der Waals surface area contributed by atoms with E-state index in [0.29, 0.717) is 10.8 Å². The van der Waals surface area contributed by atoms with Gasteiger partial charge in [0.2, 0.25) is 5.91 Å². The van der Waals surface area contributed by atoms with Gasteiger partial charge in [-0.05, 0) is 50.1 Å². The second-order valence-electron chi connectivity index (χ2n) is 5.95. The third-order valence-electron chi connectivity index (χ3n) is 3.96. The van der Waals surface area contributed by atoms with Crippen molar-refractivity contribution in [2.75, 3.05) is 11.1 Å². The third kappa shape index (κ3) is 3.94. The van der Waals surface area contributed by atoms with Gasteiger partial charge in [0.25, 0.3) is 0 Å². The van der Waals surface area contributed by atoms with E-state index in [4.69, 9.17) is 0 Å². The average Bonchev–Trinajstić information content (AvgIpc) is 2.97. The number of aromatic nitrogens is 3. The number of thioether (sulfide) groups is 1. The first kappa shape index (κ1) is 18.1. The lowest BCUT2D eigenvalue weighted by Gasteiger charge is -2.11. The van der Waals surface area contributed by atoms with Crippen molar-refractivity contribution in [3.63, 3.8) is 0 Å². The predicted molar refractivity (Wildman–Crippen MR) is 101 cm³/mol. The fourth-order valence-corrected chi connectivity index (χ4v) is 3.36. The summed E-state index contributed by atoms with van der Waals surface area (Å²) >= 11 is 1.29. The Morgan fingerprint density at radius 3 is 2.65 bits per heavy atom. The van der Waals surface area contributed by atoms with Crippen molar-refractivity contribution >= 4 is 23.4 Å². The lowest BCUT2D eigenvalue weighted by atomic mass is 10.2. The van der Waals surface area contributed by atoms with Gasteiger partial charge in [0.05, 0.1) is 11.4 Å². The fourth-order valence-electron chi connectivity index (χ4n) is 2.57. The molecule has 0 saturated heterocycles. The first-order chi connectivity index (χ1) is 12.5. The molecule has 2 aromatic carbocycles. The highest BCUT2D eigenvalue weighted by Gasteiger charge is 2.15. The summed E-state index contributed by atoms with van der Waals surface area (Å²) in [6, 6.07) is 12.3. The van der Waals surface area contributed by atoms with Gasteiger partial charge in [-0.2, -0.15) is 0 Å². The number of benzene rings is 2. The number of nitrogens with zero attached hydrogens (tertiary/aromatic N) is 3. The maximum absolute atomic E-state index is 13.4. The largest absolute Gasteiger partial charge is 0.325 e. The van der Waals surface area contributed by atoms with Gasteiger partial charge in [0, 0.05) is 5.69 Å². The SMILES string of the molecule is Cc1ccc(F)cc1NC(=O)CSc1nnc(C)n1-c1ccccc1C. The van der Waals surface area contributed by atoms with Gasteiger partial charge in [-0.15, -0.1) is 10.2 Å². The van der Waals surface area contributed by atoms with Crippen LogP contribution in [0.3, 0.4) is 0 Å². The second kappa shape index (κ2) is 7.70. The van der Waals surface area contributed by atoms with Crippen LogP contribution >= 0.6 is 11.8 Å². The lowest BCUT2D eigenvalue weighted by molar-refractivity contribution is -0.113. The van der Waals surface area contributed by atoms with Gasteiger partial charge in [-0.3, -0.25) is 9.36 Å². The molecule has 0 radical (unpaired) electrons. The van der Waals surface area contributed by atoms with E-state index in [0.717, 1.165) is 22.6 Å². The smallest absolute Gasteiger partial charge is 0.234 e. The summed E-state index contributed by atoms with van der Waals surface area (Å²) in [5.41, 5.74) is 3.37. The third-order valence-corrected chi connectivity index (χ3v) is 4.89. The summed E-state index contributed by atoms with van der Waals surface area (Å²) in [4.78, 5) is 12.3. The van der Waals surface area contributed by atoms with Crippen LogP contribution in [0.4, 0.5) is 10.1 Å². The molecule has 0 spiro atoms. The van der Waals surface area contributed by atoms with Crippen LogP contribution in [0.25, 0.3) is 5.69 Å². The molecule has 1 N–H and O–H groups in total. The Bertz CT molecular complexity index is 954. The molecule has 1 aromatic heterocycles. The molecule has 1 heterocycles. The molecule has 0 unspecified atom stereocenters. The molecule has 0 atom stereocenters. The predicted octanol–water partition coefficient (Wildman–Crippen LogP) is 4.06. The Hall–Kier alpha value is -2.67. The summed E-state index contributed by atoms with van der Waals surface area (Å²) in [5.74, 6) is 0.303. The first-order valence-corrected chi connectivity index (χ1v) is 9.11. The van der Waals surface area contributed by atoms with Crippen LogP contribution in [-0.4, -0.2) is 26.4 Å². The lowest BCUT2D eigenvalue weighted by Crippen LogP contribution is -2.15. The van der Waals surface area contributed by atoms with E-state index in [2.05, 4.69) is 15.5 Å². The van der Waals surface area contributed by atoms with Crippen LogP contribution in [0.1, 0.15) is 17.0 Å². The number of carbonyl (C=O) groups is 1. The summed E-state index contributed by atoms with van der Waals surface area (Å²) in [6.07, 6.45) is 0. The van der Waals surface area contributed by atoms with Crippen molar-refractivity contribution in [2.24, 2.45) is 0 Å².